The van der Waals surface area contributed by atoms with Gasteiger partial charge in [0.15, 0.2) is 0 Å². The lowest BCUT2D eigenvalue weighted by Gasteiger charge is -2.12. The van der Waals surface area contributed by atoms with Crippen molar-refractivity contribution in [3.8, 4) is 0 Å². The lowest BCUT2D eigenvalue weighted by molar-refractivity contribution is 0.101. The second-order valence-corrected chi connectivity index (χ2v) is 6.34. The fraction of sp³-hybridized carbons (Fsp3) is 0.214. The molecule has 0 aliphatic carbocycles. The number of hydrogen-bond donors (Lipinski definition) is 1. The number of carbonyl (C=O) groups is 1. The van der Waals surface area contributed by atoms with Crippen molar-refractivity contribution >= 4 is 43.5 Å². The summed E-state index contributed by atoms with van der Waals surface area (Å²) in [5, 5.41) is 2.90. The maximum absolute atomic E-state index is 12.3. The normalized spacial score (nSPS) is 10.8. The fourth-order valence-electron chi connectivity index (χ4n) is 1.82. The van der Waals surface area contributed by atoms with Gasteiger partial charge >= 0.3 is 0 Å². The summed E-state index contributed by atoms with van der Waals surface area (Å²) in [6.45, 7) is 4.09. The molecule has 0 unspecified atom stereocenters. The Morgan fingerprint density at radius 2 is 1.95 bits per heavy atom. The number of nitrogens with one attached hydrogen (secondary N) is 1. The van der Waals surface area contributed by atoms with E-state index in [4.69, 9.17) is 0 Å². The van der Waals surface area contributed by atoms with E-state index in [9.17, 15) is 4.79 Å². The van der Waals surface area contributed by atoms with E-state index in [0.29, 0.717) is 5.69 Å². The third-order valence-corrected chi connectivity index (χ3v) is 3.61. The van der Waals surface area contributed by atoms with Crippen molar-refractivity contribution in [1.82, 2.24) is 4.57 Å². The van der Waals surface area contributed by atoms with Crippen molar-refractivity contribution in [2.24, 2.45) is 0 Å². The average molecular weight is 386 g/mol. The Morgan fingerprint density at radius 3 is 2.58 bits per heavy atom. The first-order valence-corrected chi connectivity index (χ1v) is 7.50. The van der Waals surface area contributed by atoms with E-state index in [1.807, 2.05) is 54.9 Å². The molecule has 0 atom stereocenters. The highest BCUT2D eigenvalue weighted by molar-refractivity contribution is 9.10. The lowest BCUT2D eigenvalue weighted by atomic mass is 10.3. The topological polar surface area (TPSA) is 34.0 Å². The Morgan fingerprint density at radius 1 is 1.21 bits per heavy atom. The van der Waals surface area contributed by atoms with Gasteiger partial charge in [0, 0.05) is 26.9 Å². The Bertz CT molecular complexity index is 605. The van der Waals surface area contributed by atoms with Gasteiger partial charge in [-0.1, -0.05) is 22.0 Å². The second-order valence-electron chi connectivity index (χ2n) is 4.51. The molecule has 1 aromatic carbocycles. The summed E-state index contributed by atoms with van der Waals surface area (Å²) in [4.78, 5) is 12.3. The number of benzene rings is 1. The molecule has 0 aliphatic heterocycles. The summed E-state index contributed by atoms with van der Waals surface area (Å²) in [7, 11) is 0. The number of hydrogen-bond acceptors (Lipinski definition) is 1. The van der Waals surface area contributed by atoms with Crippen molar-refractivity contribution < 1.29 is 4.79 Å². The van der Waals surface area contributed by atoms with Gasteiger partial charge in [0.05, 0.1) is 0 Å². The highest BCUT2D eigenvalue weighted by Gasteiger charge is 2.15. The zero-order valence-electron chi connectivity index (χ0n) is 10.7. The molecule has 0 saturated carbocycles. The van der Waals surface area contributed by atoms with Crippen LogP contribution in [0.3, 0.4) is 0 Å². The molecular weight excluding hydrogens is 372 g/mol. The van der Waals surface area contributed by atoms with Crippen molar-refractivity contribution in [1.29, 1.82) is 0 Å². The summed E-state index contributed by atoms with van der Waals surface area (Å²) in [6, 6.07) is 9.60. The van der Waals surface area contributed by atoms with Crippen LogP contribution in [0.2, 0.25) is 0 Å². The molecule has 3 nitrogen and oxygen atoms in total. The van der Waals surface area contributed by atoms with Gasteiger partial charge in [0.2, 0.25) is 0 Å². The van der Waals surface area contributed by atoms with Crippen LogP contribution in [-0.2, 0) is 0 Å². The van der Waals surface area contributed by atoms with Gasteiger partial charge in [-0.3, -0.25) is 4.79 Å². The molecule has 0 fully saturated rings. The zero-order valence-corrected chi connectivity index (χ0v) is 13.8. The summed E-state index contributed by atoms with van der Waals surface area (Å²) in [5.74, 6) is -0.113. The van der Waals surface area contributed by atoms with Crippen LogP contribution in [0.4, 0.5) is 5.69 Å². The van der Waals surface area contributed by atoms with Crippen LogP contribution in [0.15, 0.2) is 45.5 Å². The van der Waals surface area contributed by atoms with Crippen LogP contribution in [0.5, 0.6) is 0 Å². The zero-order chi connectivity index (χ0) is 14.0. The molecule has 2 rings (SSSR count). The number of nitrogens with zero attached hydrogens (tertiary/aromatic N) is 1. The number of aromatic nitrogens is 1. The number of amides is 1. The van der Waals surface area contributed by atoms with Crippen LogP contribution in [0.25, 0.3) is 0 Å². The largest absolute Gasteiger partial charge is 0.340 e. The Kier molecular flexibility index (Phi) is 4.47. The summed E-state index contributed by atoms with van der Waals surface area (Å²) < 4.78 is 3.78. The van der Waals surface area contributed by atoms with Crippen LogP contribution in [-0.4, -0.2) is 10.5 Å². The first-order chi connectivity index (χ1) is 8.97. The van der Waals surface area contributed by atoms with Gasteiger partial charge in [0.25, 0.3) is 5.91 Å². The third-order valence-electron chi connectivity index (χ3n) is 2.69. The number of anilines is 1. The first-order valence-electron chi connectivity index (χ1n) is 5.91. The number of rotatable bonds is 3. The van der Waals surface area contributed by atoms with Crippen LogP contribution < -0.4 is 5.32 Å². The second kappa shape index (κ2) is 5.92. The predicted molar refractivity (Wildman–Crippen MR) is 84.6 cm³/mol. The third kappa shape index (κ3) is 3.48. The van der Waals surface area contributed by atoms with E-state index >= 15 is 0 Å². The molecule has 100 valence electrons. The van der Waals surface area contributed by atoms with E-state index < -0.39 is 0 Å². The monoisotopic (exact) mass is 384 g/mol. The van der Waals surface area contributed by atoms with Crippen LogP contribution in [0, 0.1) is 0 Å². The molecule has 0 saturated heterocycles. The molecule has 5 heteroatoms. The highest BCUT2D eigenvalue weighted by Crippen LogP contribution is 2.21. The smallest absolute Gasteiger partial charge is 0.272 e. The quantitative estimate of drug-likeness (QED) is 0.805. The first kappa shape index (κ1) is 14.3. The van der Waals surface area contributed by atoms with Crippen molar-refractivity contribution in [3.05, 3.63) is 51.2 Å². The molecule has 1 heterocycles. The number of halogens is 2. The van der Waals surface area contributed by atoms with Gasteiger partial charge in [-0.05, 0) is 54.0 Å². The molecule has 1 aromatic heterocycles. The minimum atomic E-state index is -0.113. The summed E-state index contributed by atoms with van der Waals surface area (Å²) in [5.41, 5.74) is 1.41. The Balaban J connectivity index is 2.25. The van der Waals surface area contributed by atoms with Gasteiger partial charge in [0.1, 0.15) is 5.69 Å². The fourth-order valence-corrected chi connectivity index (χ4v) is 2.65. The Labute approximate surface area is 129 Å². The molecule has 0 aliphatic rings. The summed E-state index contributed by atoms with van der Waals surface area (Å²) >= 11 is 6.79. The molecular formula is C14H14Br2N2O. The van der Waals surface area contributed by atoms with Crippen molar-refractivity contribution in [3.63, 3.8) is 0 Å². The lowest BCUT2D eigenvalue weighted by Crippen LogP contribution is -2.17. The SMILES string of the molecule is CC(C)n1cc(Br)cc1C(=O)Nc1cccc(Br)c1. The minimum Gasteiger partial charge on any atom is -0.340 e. The van der Waals surface area contributed by atoms with Crippen LogP contribution >= 0.6 is 31.9 Å². The van der Waals surface area contributed by atoms with E-state index in [2.05, 4.69) is 37.2 Å². The maximum Gasteiger partial charge on any atom is 0.272 e. The molecule has 0 radical (unpaired) electrons. The van der Waals surface area contributed by atoms with Gasteiger partial charge in [-0.25, -0.2) is 0 Å². The Hall–Kier alpha value is -1.07. The standard InChI is InChI=1S/C14H14Br2N2O/c1-9(2)18-8-11(16)7-13(18)14(19)17-12-5-3-4-10(15)6-12/h3-9H,1-2H3,(H,17,19). The van der Waals surface area contributed by atoms with E-state index in [-0.39, 0.29) is 11.9 Å². The average Bonchev–Trinajstić information content (AvgIpc) is 2.71. The van der Waals surface area contributed by atoms with Gasteiger partial charge in [-0.15, -0.1) is 0 Å². The molecule has 2 aromatic rings. The van der Waals surface area contributed by atoms with Gasteiger partial charge < -0.3 is 9.88 Å². The predicted octanol–water partition coefficient (Wildman–Crippen LogP) is 4.85. The van der Waals surface area contributed by atoms with Gasteiger partial charge in [-0.2, -0.15) is 0 Å². The molecule has 0 bridgehead atoms. The van der Waals surface area contributed by atoms with Crippen LogP contribution in [0.1, 0.15) is 30.4 Å². The molecule has 1 N–H and O–H groups in total. The van der Waals surface area contributed by atoms with E-state index in [1.165, 1.54) is 0 Å². The molecule has 0 spiro atoms. The number of carbonyl (C=O) groups excluding carboxylic acids is 1. The molecule has 19 heavy (non-hydrogen) atoms. The summed E-state index contributed by atoms with van der Waals surface area (Å²) in [6.07, 6.45) is 1.92. The maximum atomic E-state index is 12.3. The van der Waals surface area contributed by atoms with E-state index in [1.54, 1.807) is 0 Å². The van der Waals surface area contributed by atoms with Crippen molar-refractivity contribution in [2.75, 3.05) is 5.32 Å². The highest BCUT2D eigenvalue weighted by atomic mass is 79.9. The van der Waals surface area contributed by atoms with Crippen molar-refractivity contribution in [2.45, 2.75) is 19.9 Å². The minimum absolute atomic E-state index is 0.113. The van der Waals surface area contributed by atoms with E-state index in [0.717, 1.165) is 14.6 Å². The molecule has 1 amide bonds.